The van der Waals surface area contributed by atoms with Crippen LogP contribution in [0.25, 0.3) is 0 Å². The molecule has 0 aliphatic rings. The minimum atomic E-state index is 0.362. The van der Waals surface area contributed by atoms with Gasteiger partial charge in [0.25, 0.3) is 0 Å². The van der Waals surface area contributed by atoms with E-state index in [1.165, 1.54) is 19.3 Å². The predicted molar refractivity (Wildman–Crippen MR) is 61.5 cm³/mol. The second-order valence-corrected chi connectivity index (χ2v) is 4.04. The Balaban J connectivity index is 3.28. The Morgan fingerprint density at radius 1 is 1.21 bits per heavy atom. The van der Waals surface area contributed by atoms with Crippen LogP contribution in [-0.4, -0.2) is 18.4 Å². The van der Waals surface area contributed by atoms with Gasteiger partial charge < -0.3 is 5.32 Å². The molecule has 0 rings (SSSR count). The van der Waals surface area contributed by atoms with E-state index in [9.17, 15) is 4.79 Å². The molecule has 0 saturated carbocycles. The molecule has 0 amide bonds. The molecule has 0 spiro atoms. The van der Waals surface area contributed by atoms with E-state index >= 15 is 0 Å². The van der Waals surface area contributed by atoms with Crippen molar-refractivity contribution >= 4 is 5.78 Å². The molecule has 0 aromatic heterocycles. The summed E-state index contributed by atoms with van der Waals surface area (Å²) in [6.45, 7) is 6.99. The van der Waals surface area contributed by atoms with Crippen LogP contribution >= 0.6 is 0 Å². The Morgan fingerprint density at radius 2 is 1.93 bits per heavy atom. The first-order chi connectivity index (χ1) is 6.70. The summed E-state index contributed by atoms with van der Waals surface area (Å²) in [6.07, 6.45) is 6.60. The first-order valence-corrected chi connectivity index (χ1v) is 5.95. The normalized spacial score (nSPS) is 12.8. The van der Waals surface area contributed by atoms with Gasteiger partial charge in [-0.1, -0.05) is 33.1 Å². The summed E-state index contributed by atoms with van der Waals surface area (Å²) in [4.78, 5) is 11.4. The molecule has 1 N–H and O–H groups in total. The molecule has 0 aliphatic carbocycles. The molecular weight excluding hydrogens is 174 g/mol. The molecule has 0 saturated heterocycles. The SMILES string of the molecule is CCCCCCC(=O)CNC(C)CC. The van der Waals surface area contributed by atoms with E-state index in [2.05, 4.69) is 26.1 Å². The highest BCUT2D eigenvalue weighted by Crippen LogP contribution is 2.02. The summed E-state index contributed by atoms with van der Waals surface area (Å²) in [5.74, 6) is 0.362. The molecule has 2 nitrogen and oxygen atoms in total. The van der Waals surface area contributed by atoms with E-state index in [4.69, 9.17) is 0 Å². The van der Waals surface area contributed by atoms with Crippen molar-refractivity contribution in [3.8, 4) is 0 Å². The third-order valence-electron chi connectivity index (χ3n) is 2.57. The summed E-state index contributed by atoms with van der Waals surface area (Å²) < 4.78 is 0. The number of rotatable bonds is 9. The van der Waals surface area contributed by atoms with Crippen LogP contribution in [0.5, 0.6) is 0 Å². The molecule has 0 bridgehead atoms. The Labute approximate surface area is 88.5 Å². The summed E-state index contributed by atoms with van der Waals surface area (Å²) >= 11 is 0. The van der Waals surface area contributed by atoms with Gasteiger partial charge in [0.1, 0.15) is 5.78 Å². The number of hydrogen-bond acceptors (Lipinski definition) is 2. The van der Waals surface area contributed by atoms with Gasteiger partial charge in [0.05, 0.1) is 6.54 Å². The van der Waals surface area contributed by atoms with Gasteiger partial charge in [-0.3, -0.25) is 4.79 Å². The molecule has 0 aliphatic heterocycles. The van der Waals surface area contributed by atoms with Gasteiger partial charge in [-0.05, 0) is 19.8 Å². The second kappa shape index (κ2) is 9.20. The van der Waals surface area contributed by atoms with Crippen molar-refractivity contribution in [2.45, 2.75) is 65.3 Å². The van der Waals surface area contributed by atoms with Crippen LogP contribution in [0.2, 0.25) is 0 Å². The summed E-state index contributed by atoms with van der Waals surface area (Å²) in [5, 5.41) is 3.22. The number of hydrogen-bond donors (Lipinski definition) is 1. The quantitative estimate of drug-likeness (QED) is 0.578. The van der Waals surface area contributed by atoms with Gasteiger partial charge in [-0.15, -0.1) is 0 Å². The molecule has 1 unspecified atom stereocenters. The maximum atomic E-state index is 11.4. The van der Waals surface area contributed by atoms with Crippen molar-refractivity contribution in [2.75, 3.05) is 6.54 Å². The van der Waals surface area contributed by atoms with E-state index in [1.54, 1.807) is 0 Å². The Bertz CT molecular complexity index is 145. The zero-order valence-electron chi connectivity index (χ0n) is 9.94. The number of ketones is 1. The predicted octanol–water partition coefficient (Wildman–Crippen LogP) is 2.91. The number of nitrogens with one attached hydrogen (secondary N) is 1. The number of unbranched alkanes of at least 4 members (excludes halogenated alkanes) is 3. The molecule has 0 aromatic carbocycles. The Morgan fingerprint density at radius 3 is 2.50 bits per heavy atom. The minimum absolute atomic E-state index is 0.362. The average molecular weight is 199 g/mol. The molecule has 84 valence electrons. The molecule has 1 atom stereocenters. The summed E-state index contributed by atoms with van der Waals surface area (Å²) in [7, 11) is 0. The van der Waals surface area contributed by atoms with Crippen LogP contribution in [0.15, 0.2) is 0 Å². The molecule has 2 heteroatoms. The van der Waals surface area contributed by atoms with Crippen LogP contribution in [0.3, 0.4) is 0 Å². The van der Waals surface area contributed by atoms with Crippen molar-refractivity contribution in [1.82, 2.24) is 5.32 Å². The van der Waals surface area contributed by atoms with E-state index in [1.807, 2.05) is 0 Å². The van der Waals surface area contributed by atoms with Gasteiger partial charge in [0, 0.05) is 12.5 Å². The van der Waals surface area contributed by atoms with Crippen molar-refractivity contribution in [3.05, 3.63) is 0 Å². The number of carbonyl (C=O) groups excluding carboxylic acids is 1. The highest BCUT2D eigenvalue weighted by atomic mass is 16.1. The fourth-order valence-electron chi connectivity index (χ4n) is 1.27. The van der Waals surface area contributed by atoms with E-state index in [0.717, 1.165) is 19.3 Å². The molecule has 0 aromatic rings. The van der Waals surface area contributed by atoms with Gasteiger partial charge >= 0.3 is 0 Å². The minimum Gasteiger partial charge on any atom is -0.308 e. The lowest BCUT2D eigenvalue weighted by molar-refractivity contribution is -0.118. The average Bonchev–Trinajstić information content (AvgIpc) is 2.21. The van der Waals surface area contributed by atoms with Crippen molar-refractivity contribution in [1.29, 1.82) is 0 Å². The lowest BCUT2D eigenvalue weighted by Gasteiger charge is -2.09. The lowest BCUT2D eigenvalue weighted by Crippen LogP contribution is -2.30. The van der Waals surface area contributed by atoms with E-state index < -0.39 is 0 Å². The van der Waals surface area contributed by atoms with E-state index in [0.29, 0.717) is 18.4 Å². The largest absolute Gasteiger partial charge is 0.308 e. The van der Waals surface area contributed by atoms with Gasteiger partial charge in [0.2, 0.25) is 0 Å². The highest BCUT2D eigenvalue weighted by molar-refractivity contribution is 5.80. The maximum Gasteiger partial charge on any atom is 0.146 e. The number of Topliss-reactive ketones (excluding diaryl/α,β-unsaturated/α-hetero) is 1. The van der Waals surface area contributed by atoms with Crippen LogP contribution < -0.4 is 5.32 Å². The van der Waals surface area contributed by atoms with Crippen molar-refractivity contribution < 1.29 is 4.79 Å². The third kappa shape index (κ3) is 8.24. The van der Waals surface area contributed by atoms with E-state index in [-0.39, 0.29) is 0 Å². The smallest absolute Gasteiger partial charge is 0.146 e. The molecule has 0 fully saturated rings. The van der Waals surface area contributed by atoms with Crippen molar-refractivity contribution in [2.24, 2.45) is 0 Å². The van der Waals surface area contributed by atoms with Gasteiger partial charge in [0.15, 0.2) is 0 Å². The zero-order valence-corrected chi connectivity index (χ0v) is 9.94. The molecule has 0 radical (unpaired) electrons. The standard InChI is InChI=1S/C12H25NO/c1-4-6-7-8-9-12(14)10-13-11(3)5-2/h11,13H,4-10H2,1-3H3. The fraction of sp³-hybridized carbons (Fsp3) is 0.917. The molecule has 14 heavy (non-hydrogen) atoms. The number of carbonyl (C=O) groups is 1. The third-order valence-corrected chi connectivity index (χ3v) is 2.57. The topological polar surface area (TPSA) is 29.1 Å². The van der Waals surface area contributed by atoms with Crippen LogP contribution in [0.4, 0.5) is 0 Å². The summed E-state index contributed by atoms with van der Waals surface area (Å²) in [5.41, 5.74) is 0. The lowest BCUT2D eigenvalue weighted by atomic mass is 10.1. The zero-order chi connectivity index (χ0) is 10.8. The van der Waals surface area contributed by atoms with Crippen LogP contribution in [-0.2, 0) is 4.79 Å². The highest BCUT2D eigenvalue weighted by Gasteiger charge is 2.03. The van der Waals surface area contributed by atoms with Gasteiger partial charge in [-0.25, -0.2) is 0 Å². The van der Waals surface area contributed by atoms with Crippen LogP contribution in [0.1, 0.15) is 59.3 Å². The first-order valence-electron chi connectivity index (χ1n) is 5.95. The molecule has 0 heterocycles. The Hall–Kier alpha value is -0.370. The maximum absolute atomic E-state index is 11.4. The monoisotopic (exact) mass is 199 g/mol. The van der Waals surface area contributed by atoms with Crippen molar-refractivity contribution in [3.63, 3.8) is 0 Å². The first kappa shape index (κ1) is 13.6. The fourth-order valence-corrected chi connectivity index (χ4v) is 1.27. The molecular formula is C12H25NO. The summed E-state index contributed by atoms with van der Waals surface area (Å²) in [6, 6.07) is 0.467. The van der Waals surface area contributed by atoms with Crippen LogP contribution in [0, 0.1) is 0 Å². The second-order valence-electron chi connectivity index (χ2n) is 4.04. The Kier molecular flexibility index (Phi) is 8.95. The van der Waals surface area contributed by atoms with Gasteiger partial charge in [-0.2, -0.15) is 0 Å².